The summed E-state index contributed by atoms with van der Waals surface area (Å²) in [6, 6.07) is 0. The van der Waals surface area contributed by atoms with Gasteiger partial charge in [0.25, 0.3) is 5.70 Å². The van der Waals surface area contributed by atoms with Crippen LogP contribution in [0.25, 0.3) is 0 Å². The summed E-state index contributed by atoms with van der Waals surface area (Å²) in [6.07, 6.45) is 2.58. The highest BCUT2D eigenvalue weighted by Crippen LogP contribution is 1.95. The zero-order valence-electron chi connectivity index (χ0n) is 5.91. The second-order valence-electron chi connectivity index (χ2n) is 1.75. The molecule has 0 unspecified atom stereocenters. The smallest absolute Gasteiger partial charge is 0.262 e. The zero-order valence-corrected chi connectivity index (χ0v) is 5.91. The lowest BCUT2D eigenvalue weighted by Crippen LogP contribution is -2.18. The first kappa shape index (κ1) is 9.38. The van der Waals surface area contributed by atoms with Crippen molar-refractivity contribution in [2.75, 3.05) is 0 Å². The molecule has 0 aliphatic rings. The highest BCUT2D eigenvalue weighted by Gasteiger charge is 1.98. The fourth-order valence-electron chi connectivity index (χ4n) is 0.306. The molecule has 0 aromatic heterocycles. The van der Waals surface area contributed by atoms with E-state index in [2.05, 4.69) is 18.6 Å². The molecule has 0 aromatic carbocycles. The topological polar surface area (TPSA) is 81.2 Å². The summed E-state index contributed by atoms with van der Waals surface area (Å²) in [5.74, 6) is 4.93. The normalized spacial score (nSPS) is 9.55. The third-order valence-corrected chi connectivity index (χ3v) is 0.897. The Kier molecular flexibility index (Phi) is 3.61. The Morgan fingerprint density at radius 1 is 1.55 bits per heavy atom. The molecule has 5 nitrogen and oxygen atoms in total. The van der Waals surface area contributed by atoms with Gasteiger partial charge in [0.15, 0.2) is 0 Å². The Morgan fingerprint density at radius 3 is 2.45 bits per heavy atom. The minimum absolute atomic E-state index is 0.207. The fourth-order valence-corrected chi connectivity index (χ4v) is 0.306. The van der Waals surface area contributed by atoms with E-state index in [0.717, 1.165) is 0 Å². The number of nitro groups is 1. The molecule has 0 saturated heterocycles. The van der Waals surface area contributed by atoms with Crippen LogP contribution in [0.1, 0.15) is 0 Å². The van der Waals surface area contributed by atoms with Gasteiger partial charge < -0.3 is 5.43 Å². The summed E-state index contributed by atoms with van der Waals surface area (Å²) in [4.78, 5) is 9.38. The lowest BCUT2D eigenvalue weighted by atomic mass is 10.4. The zero-order chi connectivity index (χ0) is 8.85. The average Bonchev–Trinajstić information content (AvgIpc) is 1.99. The molecule has 0 radical (unpaired) electrons. The first-order valence-electron chi connectivity index (χ1n) is 2.75. The molecule has 0 spiro atoms. The van der Waals surface area contributed by atoms with Gasteiger partial charge in [0, 0.05) is 11.8 Å². The fraction of sp³-hybridized carbons (Fsp3) is 0. The lowest BCUT2D eigenvalue weighted by molar-refractivity contribution is -0.418. The van der Waals surface area contributed by atoms with Crippen LogP contribution >= 0.6 is 0 Å². The molecule has 3 N–H and O–H groups in total. The molecule has 0 aliphatic heterocycles. The number of hydrazine groups is 1. The minimum Gasteiger partial charge on any atom is -0.325 e. The van der Waals surface area contributed by atoms with Crippen molar-refractivity contribution >= 4 is 0 Å². The monoisotopic (exact) mass is 155 g/mol. The molecule has 5 heteroatoms. The van der Waals surface area contributed by atoms with Crippen molar-refractivity contribution in [3.63, 3.8) is 0 Å². The van der Waals surface area contributed by atoms with E-state index in [1.807, 2.05) is 0 Å². The summed E-state index contributed by atoms with van der Waals surface area (Å²) in [5, 5.41) is 9.97. The summed E-state index contributed by atoms with van der Waals surface area (Å²) >= 11 is 0. The van der Waals surface area contributed by atoms with Crippen molar-refractivity contribution in [1.82, 2.24) is 5.43 Å². The molecule has 0 aliphatic carbocycles. The quantitative estimate of drug-likeness (QED) is 0.265. The maximum Gasteiger partial charge on any atom is 0.262 e. The van der Waals surface area contributed by atoms with Crippen LogP contribution in [0.3, 0.4) is 0 Å². The van der Waals surface area contributed by atoms with Crippen molar-refractivity contribution in [2.24, 2.45) is 5.84 Å². The van der Waals surface area contributed by atoms with Crippen LogP contribution in [0, 0.1) is 10.1 Å². The van der Waals surface area contributed by atoms with Gasteiger partial charge in [-0.2, -0.15) is 0 Å². The predicted octanol–water partition coefficient (Wildman–Crippen LogP) is 0.310. The molecule has 0 heterocycles. The van der Waals surface area contributed by atoms with Crippen LogP contribution in [-0.2, 0) is 0 Å². The van der Waals surface area contributed by atoms with Gasteiger partial charge in [-0.05, 0) is 12.7 Å². The van der Waals surface area contributed by atoms with Gasteiger partial charge in [-0.15, -0.1) is 0 Å². The lowest BCUT2D eigenvalue weighted by Gasteiger charge is -1.93. The molecular formula is C6H9N3O2. The highest BCUT2D eigenvalue weighted by atomic mass is 16.6. The van der Waals surface area contributed by atoms with Gasteiger partial charge in [0.2, 0.25) is 0 Å². The molecule has 0 rings (SSSR count). The molecular weight excluding hydrogens is 146 g/mol. The van der Waals surface area contributed by atoms with Crippen LogP contribution in [0.2, 0.25) is 0 Å². The maximum absolute atomic E-state index is 9.97. The first-order valence-corrected chi connectivity index (χ1v) is 2.75. The standard InChI is InChI=1S/C6H9N3O2/c1-5(8-7)3-4-6(2)9(10)11/h3-4,8H,1-2,7H2/b4-3-. The van der Waals surface area contributed by atoms with Gasteiger partial charge in [-0.1, -0.05) is 6.58 Å². The Labute approximate surface area is 64.0 Å². The largest absolute Gasteiger partial charge is 0.325 e. The molecule has 0 amide bonds. The summed E-state index contributed by atoms with van der Waals surface area (Å²) < 4.78 is 0. The Hall–Kier alpha value is -1.62. The van der Waals surface area contributed by atoms with Crippen LogP contribution < -0.4 is 11.3 Å². The first-order chi connectivity index (χ1) is 5.07. The second kappa shape index (κ2) is 4.24. The van der Waals surface area contributed by atoms with E-state index in [0.29, 0.717) is 5.70 Å². The number of nitrogens with zero attached hydrogens (tertiary/aromatic N) is 1. The van der Waals surface area contributed by atoms with E-state index in [1.54, 1.807) is 0 Å². The van der Waals surface area contributed by atoms with E-state index >= 15 is 0 Å². The summed E-state index contributed by atoms with van der Waals surface area (Å²) in [5.41, 5.74) is 2.39. The van der Waals surface area contributed by atoms with E-state index in [9.17, 15) is 10.1 Å². The third-order valence-electron chi connectivity index (χ3n) is 0.897. The number of hydrogen-bond acceptors (Lipinski definition) is 4. The Morgan fingerprint density at radius 2 is 2.09 bits per heavy atom. The van der Waals surface area contributed by atoms with Crippen molar-refractivity contribution in [2.45, 2.75) is 0 Å². The van der Waals surface area contributed by atoms with Crippen LogP contribution in [0.4, 0.5) is 0 Å². The van der Waals surface area contributed by atoms with Crippen molar-refractivity contribution in [3.8, 4) is 0 Å². The van der Waals surface area contributed by atoms with Gasteiger partial charge in [-0.25, -0.2) is 0 Å². The predicted molar refractivity (Wildman–Crippen MR) is 41.7 cm³/mol. The van der Waals surface area contributed by atoms with Crippen molar-refractivity contribution in [3.05, 3.63) is 46.8 Å². The van der Waals surface area contributed by atoms with Crippen LogP contribution in [0.5, 0.6) is 0 Å². The Bertz CT molecular complexity index is 220. The molecule has 0 atom stereocenters. The van der Waals surface area contributed by atoms with Gasteiger partial charge in [0.1, 0.15) is 0 Å². The van der Waals surface area contributed by atoms with Crippen molar-refractivity contribution < 1.29 is 4.92 Å². The number of rotatable bonds is 4. The summed E-state index contributed by atoms with van der Waals surface area (Å²) in [7, 11) is 0. The highest BCUT2D eigenvalue weighted by molar-refractivity contribution is 5.18. The number of allylic oxidation sites excluding steroid dienone is 2. The van der Waals surface area contributed by atoms with E-state index in [1.165, 1.54) is 12.2 Å². The second-order valence-corrected chi connectivity index (χ2v) is 1.75. The maximum atomic E-state index is 9.97. The SMILES string of the molecule is C=C(/C=C\C(=C)[N+](=O)[O-])NN. The van der Waals surface area contributed by atoms with E-state index in [-0.39, 0.29) is 5.70 Å². The number of nitrogens with one attached hydrogen (secondary N) is 1. The van der Waals surface area contributed by atoms with Crippen LogP contribution in [0.15, 0.2) is 36.7 Å². The minimum atomic E-state index is -0.597. The third kappa shape index (κ3) is 3.88. The molecule has 0 fully saturated rings. The van der Waals surface area contributed by atoms with E-state index < -0.39 is 4.92 Å². The Balaban J connectivity index is 4.04. The van der Waals surface area contributed by atoms with Crippen molar-refractivity contribution in [1.29, 1.82) is 0 Å². The number of hydrogen-bond donors (Lipinski definition) is 2. The molecule has 0 bridgehead atoms. The molecule has 0 aromatic rings. The van der Waals surface area contributed by atoms with E-state index in [4.69, 9.17) is 5.84 Å². The molecule has 60 valence electrons. The average molecular weight is 155 g/mol. The van der Waals surface area contributed by atoms with Crippen LogP contribution in [-0.4, -0.2) is 4.92 Å². The van der Waals surface area contributed by atoms with Gasteiger partial charge in [0.05, 0.1) is 4.92 Å². The summed E-state index contributed by atoms with van der Waals surface area (Å²) in [6.45, 7) is 6.58. The van der Waals surface area contributed by atoms with Gasteiger partial charge >= 0.3 is 0 Å². The molecule has 0 saturated carbocycles. The van der Waals surface area contributed by atoms with Gasteiger partial charge in [-0.3, -0.25) is 16.0 Å². The number of nitrogens with two attached hydrogens (primary N) is 1. The molecule has 11 heavy (non-hydrogen) atoms.